The maximum Gasteiger partial charge on any atom is 0.234 e. The van der Waals surface area contributed by atoms with Gasteiger partial charge in [0.25, 0.3) is 0 Å². The highest BCUT2D eigenvalue weighted by Gasteiger charge is 2.29. The first-order valence-corrected chi connectivity index (χ1v) is 5.74. The predicted octanol–water partition coefficient (Wildman–Crippen LogP) is 1.91. The summed E-state index contributed by atoms with van der Waals surface area (Å²) in [5, 5.41) is 0. The predicted molar refractivity (Wildman–Crippen MR) is 65.9 cm³/mol. The molecular weight excluding hydrogens is 305 g/mol. The van der Waals surface area contributed by atoms with Crippen LogP contribution in [-0.2, 0) is 9.59 Å². The van der Waals surface area contributed by atoms with Crippen molar-refractivity contribution < 1.29 is 9.59 Å². The third kappa shape index (κ3) is 2.04. The fourth-order valence-corrected chi connectivity index (χ4v) is 2.60. The molecule has 0 N–H and O–H groups in total. The highest BCUT2D eigenvalue weighted by molar-refractivity contribution is 14.1. The molecule has 0 atom stereocenters. The van der Waals surface area contributed by atoms with Gasteiger partial charge in [0.05, 0.1) is 18.7 Å². The van der Waals surface area contributed by atoms with E-state index in [1.165, 1.54) is 0 Å². The molecule has 1 aliphatic heterocycles. The van der Waals surface area contributed by atoms with Crippen LogP contribution in [-0.4, -0.2) is 18.2 Å². The van der Waals surface area contributed by atoms with E-state index in [0.29, 0.717) is 0 Å². The average molecular weight is 315 g/mol. The Balaban J connectivity index is 2.38. The summed E-state index contributed by atoms with van der Waals surface area (Å²) in [5.74, 6) is -0.0989. The number of anilines is 1. The molecule has 15 heavy (non-hydrogen) atoms. The molecule has 1 fully saturated rings. The topological polar surface area (TPSA) is 37.4 Å². The van der Waals surface area contributed by atoms with Gasteiger partial charge in [-0.05, 0) is 47.2 Å². The zero-order valence-electron chi connectivity index (χ0n) is 8.29. The second-order valence-corrected chi connectivity index (χ2v) is 4.81. The number of rotatable bonds is 1. The Morgan fingerprint density at radius 3 is 2.60 bits per heavy atom. The molecule has 1 aliphatic rings. The van der Waals surface area contributed by atoms with E-state index in [1.54, 1.807) is 4.90 Å². The molecule has 1 amide bonds. The van der Waals surface area contributed by atoms with Crippen LogP contribution < -0.4 is 4.90 Å². The third-order valence-corrected chi connectivity index (χ3v) is 3.24. The zero-order valence-corrected chi connectivity index (χ0v) is 10.4. The molecule has 1 aromatic rings. The Bertz CT molecular complexity index is 442. The van der Waals surface area contributed by atoms with Crippen LogP contribution in [0.4, 0.5) is 5.69 Å². The van der Waals surface area contributed by atoms with Crippen LogP contribution in [0, 0.1) is 10.5 Å². The molecule has 3 nitrogen and oxygen atoms in total. The van der Waals surface area contributed by atoms with Crippen molar-refractivity contribution in [2.45, 2.75) is 13.3 Å². The molecular formula is C11H10INO2. The summed E-state index contributed by atoms with van der Waals surface area (Å²) >= 11 is 2.19. The van der Waals surface area contributed by atoms with Crippen LogP contribution in [0.5, 0.6) is 0 Å². The summed E-state index contributed by atoms with van der Waals surface area (Å²) in [6.07, 6.45) is 0.0456. The smallest absolute Gasteiger partial charge is 0.234 e. The SMILES string of the molecule is Cc1ccc(N2CC(=O)CC2=O)c(I)c1. The molecule has 4 heteroatoms. The van der Waals surface area contributed by atoms with Crippen molar-refractivity contribution in [3.8, 4) is 0 Å². The lowest BCUT2D eigenvalue weighted by Crippen LogP contribution is -2.25. The second-order valence-electron chi connectivity index (χ2n) is 3.65. The van der Waals surface area contributed by atoms with Gasteiger partial charge in [0.1, 0.15) is 0 Å². The Hall–Kier alpha value is -0.910. The molecule has 2 rings (SSSR count). The van der Waals surface area contributed by atoms with E-state index >= 15 is 0 Å². The van der Waals surface area contributed by atoms with Crippen LogP contribution in [0.25, 0.3) is 0 Å². The van der Waals surface area contributed by atoms with Crippen LogP contribution in [0.1, 0.15) is 12.0 Å². The summed E-state index contributed by atoms with van der Waals surface area (Å²) < 4.78 is 1.01. The maximum absolute atomic E-state index is 11.5. The molecule has 78 valence electrons. The van der Waals surface area contributed by atoms with E-state index in [-0.39, 0.29) is 24.7 Å². The lowest BCUT2D eigenvalue weighted by atomic mass is 10.2. The molecule has 0 aliphatic carbocycles. The monoisotopic (exact) mass is 315 g/mol. The van der Waals surface area contributed by atoms with Crippen LogP contribution in [0.15, 0.2) is 18.2 Å². The van der Waals surface area contributed by atoms with Gasteiger partial charge in [0.15, 0.2) is 5.78 Å². The number of nitrogens with zero attached hydrogens (tertiary/aromatic N) is 1. The number of aryl methyl sites for hydroxylation is 1. The van der Waals surface area contributed by atoms with E-state index < -0.39 is 0 Å². The van der Waals surface area contributed by atoms with E-state index in [9.17, 15) is 9.59 Å². The highest BCUT2D eigenvalue weighted by atomic mass is 127. The number of carbonyl (C=O) groups excluding carboxylic acids is 2. The fraction of sp³-hybridized carbons (Fsp3) is 0.273. The van der Waals surface area contributed by atoms with Crippen molar-refractivity contribution in [3.05, 3.63) is 27.3 Å². The van der Waals surface area contributed by atoms with Crippen molar-refractivity contribution in [3.63, 3.8) is 0 Å². The lowest BCUT2D eigenvalue weighted by molar-refractivity contribution is -0.121. The molecule has 0 bridgehead atoms. The van der Waals surface area contributed by atoms with Gasteiger partial charge in [0, 0.05) is 3.57 Å². The summed E-state index contributed by atoms with van der Waals surface area (Å²) in [6, 6.07) is 5.85. The van der Waals surface area contributed by atoms with Crippen molar-refractivity contribution in [1.29, 1.82) is 0 Å². The van der Waals surface area contributed by atoms with E-state index in [2.05, 4.69) is 22.6 Å². The van der Waals surface area contributed by atoms with Gasteiger partial charge in [0.2, 0.25) is 5.91 Å². The van der Waals surface area contributed by atoms with Gasteiger partial charge in [-0.2, -0.15) is 0 Å². The minimum Gasteiger partial charge on any atom is -0.304 e. The molecule has 0 saturated carbocycles. The van der Waals surface area contributed by atoms with E-state index in [0.717, 1.165) is 14.8 Å². The van der Waals surface area contributed by atoms with Crippen LogP contribution in [0.2, 0.25) is 0 Å². The van der Waals surface area contributed by atoms with E-state index in [1.807, 2.05) is 25.1 Å². The largest absolute Gasteiger partial charge is 0.304 e. The standard InChI is InChI=1S/C11H10INO2/c1-7-2-3-10(9(12)4-7)13-6-8(14)5-11(13)15/h2-4H,5-6H2,1H3. The van der Waals surface area contributed by atoms with Crippen molar-refractivity contribution in [2.75, 3.05) is 11.4 Å². The normalized spacial score (nSPS) is 16.3. The minimum atomic E-state index is -0.0956. The number of hydrogen-bond acceptors (Lipinski definition) is 2. The number of amides is 1. The second kappa shape index (κ2) is 3.92. The Kier molecular flexibility index (Phi) is 2.77. The first-order valence-electron chi connectivity index (χ1n) is 4.66. The number of halogens is 1. The van der Waals surface area contributed by atoms with Gasteiger partial charge >= 0.3 is 0 Å². The van der Waals surface area contributed by atoms with Gasteiger partial charge in [-0.3, -0.25) is 9.59 Å². The Morgan fingerprint density at radius 1 is 1.33 bits per heavy atom. The van der Waals surface area contributed by atoms with Gasteiger partial charge < -0.3 is 4.90 Å². The summed E-state index contributed by atoms with van der Waals surface area (Å²) in [7, 11) is 0. The number of ketones is 1. The number of benzene rings is 1. The van der Waals surface area contributed by atoms with Gasteiger partial charge in [-0.25, -0.2) is 0 Å². The summed E-state index contributed by atoms with van der Waals surface area (Å²) in [6.45, 7) is 2.22. The molecule has 0 spiro atoms. The highest BCUT2D eigenvalue weighted by Crippen LogP contribution is 2.26. The van der Waals surface area contributed by atoms with Crippen molar-refractivity contribution >= 4 is 40.0 Å². The quantitative estimate of drug-likeness (QED) is 0.586. The molecule has 1 saturated heterocycles. The van der Waals surface area contributed by atoms with Gasteiger partial charge in [-0.1, -0.05) is 6.07 Å². The first-order chi connectivity index (χ1) is 7.08. The Morgan fingerprint density at radius 2 is 2.07 bits per heavy atom. The first kappa shape index (κ1) is 10.6. The number of Topliss-reactive ketones (excluding diaryl/α,β-unsaturated/α-hetero) is 1. The molecule has 1 heterocycles. The molecule has 0 unspecified atom stereocenters. The molecule has 1 aromatic carbocycles. The average Bonchev–Trinajstić information content (AvgIpc) is 2.45. The van der Waals surface area contributed by atoms with Crippen LogP contribution in [0.3, 0.4) is 0 Å². The molecule has 0 radical (unpaired) electrons. The Labute approximate surface area is 102 Å². The summed E-state index contributed by atoms with van der Waals surface area (Å²) in [4.78, 5) is 24.2. The lowest BCUT2D eigenvalue weighted by Gasteiger charge is -2.16. The minimum absolute atomic E-state index is 0.00336. The number of carbonyl (C=O) groups is 2. The van der Waals surface area contributed by atoms with E-state index in [4.69, 9.17) is 0 Å². The van der Waals surface area contributed by atoms with Crippen LogP contribution >= 0.6 is 22.6 Å². The number of hydrogen-bond donors (Lipinski definition) is 0. The summed E-state index contributed by atoms with van der Waals surface area (Å²) in [5.41, 5.74) is 2.00. The van der Waals surface area contributed by atoms with Crippen molar-refractivity contribution in [1.82, 2.24) is 0 Å². The van der Waals surface area contributed by atoms with Crippen molar-refractivity contribution in [2.24, 2.45) is 0 Å². The zero-order chi connectivity index (χ0) is 11.0. The fourth-order valence-electron chi connectivity index (χ4n) is 1.63. The maximum atomic E-state index is 11.5. The third-order valence-electron chi connectivity index (χ3n) is 2.38. The molecule has 0 aromatic heterocycles. The van der Waals surface area contributed by atoms with Gasteiger partial charge in [-0.15, -0.1) is 0 Å².